The van der Waals surface area contributed by atoms with E-state index >= 15 is 0 Å². The number of hydrogen-bond acceptors (Lipinski definition) is 4. The van der Waals surface area contributed by atoms with Crippen LogP contribution in [0.25, 0.3) is 0 Å². The number of rotatable bonds is 8. The minimum absolute atomic E-state index is 0.0390. The Morgan fingerprint density at radius 2 is 1.89 bits per heavy atom. The molecule has 28 heavy (non-hydrogen) atoms. The Labute approximate surface area is 169 Å². The lowest BCUT2D eigenvalue weighted by molar-refractivity contribution is -0.121. The zero-order valence-corrected chi connectivity index (χ0v) is 17.3. The number of nitrogens with one attached hydrogen (secondary N) is 1. The van der Waals surface area contributed by atoms with Crippen LogP contribution in [-0.4, -0.2) is 38.8 Å². The molecule has 0 saturated heterocycles. The lowest BCUT2D eigenvalue weighted by Gasteiger charge is -2.20. The summed E-state index contributed by atoms with van der Waals surface area (Å²) in [6.45, 7) is 3.54. The van der Waals surface area contributed by atoms with Crippen LogP contribution < -0.4 is 10.1 Å². The summed E-state index contributed by atoms with van der Waals surface area (Å²) in [5, 5.41) is 2.87. The van der Waals surface area contributed by atoms with Crippen LogP contribution in [-0.2, 0) is 14.8 Å². The van der Waals surface area contributed by atoms with Crippen molar-refractivity contribution in [3.63, 3.8) is 0 Å². The van der Waals surface area contributed by atoms with Gasteiger partial charge in [-0.15, -0.1) is 0 Å². The molecular formula is C19H22ClFN2O4S. The van der Waals surface area contributed by atoms with E-state index in [1.165, 1.54) is 37.4 Å². The number of hydrogen-bond donors (Lipinski definition) is 1. The van der Waals surface area contributed by atoms with Gasteiger partial charge in [-0.25, -0.2) is 12.8 Å². The molecule has 1 atom stereocenters. The van der Waals surface area contributed by atoms with Crippen LogP contribution in [0.1, 0.15) is 25.5 Å². The first kappa shape index (κ1) is 22.1. The molecule has 152 valence electrons. The van der Waals surface area contributed by atoms with Crippen molar-refractivity contribution >= 4 is 27.5 Å². The fraction of sp³-hybridized carbons (Fsp3) is 0.316. The summed E-state index contributed by atoms with van der Waals surface area (Å²) in [7, 11) is -2.60. The number of sulfonamides is 1. The highest BCUT2D eigenvalue weighted by atomic mass is 35.5. The first-order valence-electron chi connectivity index (χ1n) is 8.58. The van der Waals surface area contributed by atoms with Gasteiger partial charge in [0.1, 0.15) is 11.6 Å². The molecule has 2 aromatic carbocycles. The van der Waals surface area contributed by atoms with Crippen LogP contribution in [0.3, 0.4) is 0 Å². The number of likely N-dealkylation sites (N-methyl/N-ethyl adjacent to an activating group) is 1. The molecule has 1 amide bonds. The lowest BCUT2D eigenvalue weighted by Crippen LogP contribution is -2.39. The van der Waals surface area contributed by atoms with E-state index < -0.39 is 22.0 Å². The van der Waals surface area contributed by atoms with E-state index in [0.29, 0.717) is 17.9 Å². The number of ether oxygens (including phenoxy) is 1. The molecule has 2 aromatic rings. The van der Waals surface area contributed by atoms with E-state index in [2.05, 4.69) is 5.32 Å². The van der Waals surface area contributed by atoms with Gasteiger partial charge in [-0.05, 0) is 49.7 Å². The number of amides is 1. The monoisotopic (exact) mass is 428 g/mol. The van der Waals surface area contributed by atoms with Crippen molar-refractivity contribution in [1.82, 2.24) is 9.62 Å². The maximum Gasteiger partial charge on any atom is 0.243 e. The molecule has 0 spiro atoms. The minimum atomic E-state index is -3.91. The highest BCUT2D eigenvalue weighted by molar-refractivity contribution is 7.89. The van der Waals surface area contributed by atoms with Crippen LogP contribution in [0.5, 0.6) is 5.75 Å². The quantitative estimate of drug-likeness (QED) is 0.699. The normalized spacial score (nSPS) is 12.6. The van der Waals surface area contributed by atoms with Crippen molar-refractivity contribution < 1.29 is 22.3 Å². The molecule has 0 aliphatic heterocycles. The van der Waals surface area contributed by atoms with E-state index in [0.717, 1.165) is 4.31 Å². The molecule has 0 heterocycles. The van der Waals surface area contributed by atoms with E-state index in [9.17, 15) is 17.6 Å². The van der Waals surface area contributed by atoms with Crippen LogP contribution in [0.15, 0.2) is 47.4 Å². The summed E-state index contributed by atoms with van der Waals surface area (Å²) in [6, 6.07) is 9.45. The number of benzene rings is 2. The fourth-order valence-corrected chi connectivity index (χ4v) is 3.96. The third-order valence-corrected chi connectivity index (χ3v) is 6.12. The molecule has 0 aliphatic rings. The van der Waals surface area contributed by atoms with Crippen LogP contribution in [0.4, 0.5) is 4.39 Å². The zero-order chi connectivity index (χ0) is 20.9. The first-order valence-corrected chi connectivity index (χ1v) is 10.4. The highest BCUT2D eigenvalue weighted by Gasteiger charge is 2.24. The van der Waals surface area contributed by atoms with Crippen molar-refractivity contribution in [2.45, 2.75) is 24.8 Å². The SMILES string of the molecule is CCOc1ccc(S(=O)(=O)N(C)CC(=O)N[C@H](C)c2ccc(F)cc2)cc1Cl. The number of nitrogens with zero attached hydrogens (tertiary/aromatic N) is 1. The van der Waals surface area contributed by atoms with Gasteiger partial charge in [-0.2, -0.15) is 4.31 Å². The van der Waals surface area contributed by atoms with Gasteiger partial charge < -0.3 is 10.1 Å². The van der Waals surface area contributed by atoms with Crippen molar-refractivity contribution in [1.29, 1.82) is 0 Å². The van der Waals surface area contributed by atoms with Crippen LogP contribution in [0, 0.1) is 5.82 Å². The molecule has 6 nitrogen and oxygen atoms in total. The summed E-state index contributed by atoms with van der Waals surface area (Å²) in [5.74, 6) is -0.473. The lowest BCUT2D eigenvalue weighted by atomic mass is 10.1. The van der Waals surface area contributed by atoms with Gasteiger partial charge in [0.15, 0.2) is 0 Å². The Morgan fingerprint density at radius 3 is 2.46 bits per heavy atom. The van der Waals surface area contributed by atoms with Gasteiger partial charge in [0.25, 0.3) is 0 Å². The Balaban J connectivity index is 2.05. The van der Waals surface area contributed by atoms with Gasteiger partial charge in [0.2, 0.25) is 15.9 Å². The molecule has 0 aliphatic carbocycles. The average molecular weight is 429 g/mol. The van der Waals surface area contributed by atoms with Crippen molar-refractivity contribution in [2.75, 3.05) is 20.2 Å². The molecule has 0 aromatic heterocycles. The molecule has 0 saturated carbocycles. The second-order valence-electron chi connectivity index (χ2n) is 6.13. The number of carbonyl (C=O) groups is 1. The number of halogens is 2. The predicted octanol–water partition coefficient (Wildman–Crippen LogP) is 3.38. The highest BCUT2D eigenvalue weighted by Crippen LogP contribution is 2.28. The van der Waals surface area contributed by atoms with E-state index in [-0.39, 0.29) is 22.3 Å². The van der Waals surface area contributed by atoms with Crippen LogP contribution in [0.2, 0.25) is 5.02 Å². The Hall–Kier alpha value is -2.16. The maximum atomic E-state index is 13.0. The predicted molar refractivity (Wildman–Crippen MR) is 105 cm³/mol. The number of carbonyl (C=O) groups excluding carboxylic acids is 1. The minimum Gasteiger partial charge on any atom is -0.492 e. The van der Waals surface area contributed by atoms with E-state index in [4.69, 9.17) is 16.3 Å². The molecule has 0 radical (unpaired) electrons. The smallest absolute Gasteiger partial charge is 0.243 e. The van der Waals surface area contributed by atoms with Crippen molar-refractivity contribution in [3.05, 3.63) is 58.9 Å². The van der Waals surface area contributed by atoms with E-state index in [1.807, 2.05) is 0 Å². The molecule has 1 N–H and O–H groups in total. The molecule has 0 unspecified atom stereocenters. The van der Waals surface area contributed by atoms with Crippen molar-refractivity contribution in [3.8, 4) is 5.75 Å². The van der Waals surface area contributed by atoms with Crippen molar-refractivity contribution in [2.24, 2.45) is 0 Å². The second-order valence-corrected chi connectivity index (χ2v) is 8.58. The maximum absolute atomic E-state index is 13.0. The summed E-state index contributed by atoms with van der Waals surface area (Å²) < 4.78 is 44.6. The average Bonchev–Trinajstić information content (AvgIpc) is 2.63. The Bertz CT molecular complexity index is 935. The summed E-state index contributed by atoms with van der Waals surface area (Å²) in [4.78, 5) is 12.2. The topological polar surface area (TPSA) is 75.7 Å². The third kappa shape index (κ3) is 5.43. The zero-order valence-electron chi connectivity index (χ0n) is 15.8. The van der Waals surface area contributed by atoms with Gasteiger partial charge >= 0.3 is 0 Å². The fourth-order valence-electron chi connectivity index (χ4n) is 2.50. The van der Waals surface area contributed by atoms with Gasteiger partial charge in [-0.3, -0.25) is 4.79 Å². The Morgan fingerprint density at radius 1 is 1.25 bits per heavy atom. The largest absolute Gasteiger partial charge is 0.492 e. The van der Waals surface area contributed by atoms with Gasteiger partial charge in [0.05, 0.1) is 29.1 Å². The summed E-state index contributed by atoms with van der Waals surface area (Å²) >= 11 is 6.06. The molecule has 0 bridgehead atoms. The molecule has 0 fully saturated rings. The third-order valence-electron chi connectivity index (χ3n) is 4.03. The molecular weight excluding hydrogens is 407 g/mol. The first-order chi connectivity index (χ1) is 13.1. The Kier molecular flexibility index (Phi) is 7.40. The van der Waals surface area contributed by atoms with E-state index in [1.54, 1.807) is 26.0 Å². The van der Waals surface area contributed by atoms with Gasteiger partial charge in [0, 0.05) is 7.05 Å². The van der Waals surface area contributed by atoms with Gasteiger partial charge in [-0.1, -0.05) is 23.7 Å². The second kappa shape index (κ2) is 9.36. The van der Waals surface area contributed by atoms with Crippen LogP contribution >= 0.6 is 11.6 Å². The molecule has 2 rings (SSSR count). The molecule has 9 heteroatoms. The summed E-state index contributed by atoms with van der Waals surface area (Å²) in [6.07, 6.45) is 0. The summed E-state index contributed by atoms with van der Waals surface area (Å²) in [5.41, 5.74) is 0.707. The standard InChI is InChI=1S/C19H22ClFN2O4S/c1-4-27-18-10-9-16(11-17(18)20)28(25,26)23(3)12-19(24)22-13(2)14-5-7-15(21)8-6-14/h5-11,13H,4,12H2,1-3H3,(H,22,24)/t13-/m1/s1.